The minimum absolute atomic E-state index is 0.0500. The van der Waals surface area contributed by atoms with Crippen LogP contribution in [0.2, 0.25) is 0 Å². The number of carbonyl (C=O) groups excluding carboxylic acids is 1. The number of non-ortho nitro benzene ring substituents is 1. The van der Waals surface area contributed by atoms with Crippen molar-refractivity contribution in [3.63, 3.8) is 0 Å². The second-order valence-electron chi connectivity index (χ2n) is 5.89. The van der Waals surface area contributed by atoms with Crippen molar-refractivity contribution in [2.24, 2.45) is 5.92 Å². The number of nitrogens with zero attached hydrogens (tertiary/aromatic N) is 1. The third-order valence-corrected chi connectivity index (χ3v) is 4.15. The van der Waals surface area contributed by atoms with E-state index in [-0.39, 0.29) is 17.6 Å². The topological polar surface area (TPSA) is 81.5 Å². The molecule has 0 radical (unpaired) electrons. The van der Waals surface area contributed by atoms with Gasteiger partial charge >= 0.3 is 0 Å². The predicted molar refractivity (Wildman–Crippen MR) is 82.7 cm³/mol. The fraction of sp³-hybridized carbons (Fsp3) is 0.562. The summed E-state index contributed by atoms with van der Waals surface area (Å²) in [4.78, 5) is 22.5. The first-order valence-electron chi connectivity index (χ1n) is 7.69. The summed E-state index contributed by atoms with van der Waals surface area (Å²) in [6, 6.07) is 6.06. The Hall–Kier alpha value is -2.11. The Morgan fingerprint density at radius 1 is 1.41 bits per heavy atom. The Morgan fingerprint density at radius 2 is 2.14 bits per heavy atom. The van der Waals surface area contributed by atoms with Crippen LogP contribution in [0.4, 0.5) is 5.69 Å². The second kappa shape index (κ2) is 7.24. The Bertz CT molecular complexity index is 547. The second-order valence-corrected chi connectivity index (χ2v) is 5.89. The third kappa shape index (κ3) is 4.19. The van der Waals surface area contributed by atoms with Crippen LogP contribution in [0.15, 0.2) is 24.3 Å². The molecule has 0 spiro atoms. The van der Waals surface area contributed by atoms with Gasteiger partial charge in [-0.1, -0.05) is 25.8 Å². The molecular weight excluding hydrogens is 284 g/mol. The highest BCUT2D eigenvalue weighted by molar-refractivity contribution is 5.81. The number of rotatable bonds is 5. The summed E-state index contributed by atoms with van der Waals surface area (Å²) in [7, 11) is 0. The smallest absolute Gasteiger partial charge is 0.273 e. The van der Waals surface area contributed by atoms with Crippen molar-refractivity contribution in [3.8, 4) is 5.75 Å². The quantitative estimate of drug-likeness (QED) is 0.669. The zero-order valence-electron chi connectivity index (χ0n) is 13.0. The highest BCUT2D eigenvalue weighted by atomic mass is 16.6. The Labute approximate surface area is 130 Å². The van der Waals surface area contributed by atoms with Gasteiger partial charge in [-0.05, 0) is 31.7 Å². The SMILES string of the molecule is C[C@@H](Oc1cccc([N+](=O)[O-])c1)C(=O)N[C@H]1CCCC[C@@H]1C. The van der Waals surface area contributed by atoms with Crippen molar-refractivity contribution in [1.82, 2.24) is 5.32 Å². The van der Waals surface area contributed by atoms with Gasteiger partial charge in [0.05, 0.1) is 11.0 Å². The van der Waals surface area contributed by atoms with E-state index in [1.165, 1.54) is 18.6 Å². The largest absolute Gasteiger partial charge is 0.481 e. The lowest BCUT2D eigenvalue weighted by atomic mass is 9.86. The van der Waals surface area contributed by atoms with Crippen LogP contribution in [0, 0.1) is 16.0 Å². The van der Waals surface area contributed by atoms with Crippen LogP contribution < -0.4 is 10.1 Å². The molecule has 120 valence electrons. The molecule has 6 nitrogen and oxygen atoms in total. The number of nitrogens with one attached hydrogen (secondary N) is 1. The first-order valence-corrected chi connectivity index (χ1v) is 7.69. The fourth-order valence-electron chi connectivity index (χ4n) is 2.76. The summed E-state index contributed by atoms with van der Waals surface area (Å²) < 4.78 is 5.53. The highest BCUT2D eigenvalue weighted by Gasteiger charge is 2.25. The number of ether oxygens (including phenoxy) is 1. The van der Waals surface area contributed by atoms with Gasteiger partial charge in [-0.3, -0.25) is 14.9 Å². The normalized spacial score (nSPS) is 22.6. The first kappa shape index (κ1) is 16.3. The summed E-state index contributed by atoms with van der Waals surface area (Å²) in [5.41, 5.74) is -0.0500. The number of benzene rings is 1. The molecule has 1 aliphatic rings. The summed E-state index contributed by atoms with van der Waals surface area (Å²) in [5, 5.41) is 13.8. The minimum atomic E-state index is -0.684. The summed E-state index contributed by atoms with van der Waals surface area (Å²) in [5.74, 6) is 0.626. The van der Waals surface area contributed by atoms with Gasteiger partial charge in [0.15, 0.2) is 6.10 Å². The number of hydrogen-bond donors (Lipinski definition) is 1. The van der Waals surface area contributed by atoms with Crippen molar-refractivity contribution in [2.75, 3.05) is 0 Å². The van der Waals surface area contributed by atoms with Gasteiger partial charge in [0, 0.05) is 12.1 Å². The molecule has 0 bridgehead atoms. The summed E-state index contributed by atoms with van der Waals surface area (Å²) >= 11 is 0. The van der Waals surface area contributed by atoms with E-state index in [1.807, 2.05) is 0 Å². The van der Waals surface area contributed by atoms with E-state index < -0.39 is 11.0 Å². The van der Waals surface area contributed by atoms with Crippen molar-refractivity contribution in [1.29, 1.82) is 0 Å². The highest BCUT2D eigenvalue weighted by Crippen LogP contribution is 2.24. The number of nitro benzene ring substituents is 1. The van der Waals surface area contributed by atoms with Gasteiger partial charge in [-0.2, -0.15) is 0 Å². The van der Waals surface area contributed by atoms with Crippen molar-refractivity contribution < 1.29 is 14.5 Å². The molecule has 1 N–H and O–H groups in total. The van der Waals surface area contributed by atoms with Crippen LogP contribution in [0.25, 0.3) is 0 Å². The molecule has 1 amide bonds. The van der Waals surface area contributed by atoms with E-state index in [0.717, 1.165) is 19.3 Å². The zero-order chi connectivity index (χ0) is 16.1. The third-order valence-electron chi connectivity index (χ3n) is 4.15. The van der Waals surface area contributed by atoms with Crippen LogP contribution in [0.5, 0.6) is 5.75 Å². The molecule has 2 rings (SSSR count). The van der Waals surface area contributed by atoms with Crippen molar-refractivity contribution in [2.45, 2.75) is 51.7 Å². The predicted octanol–water partition coefficient (Wildman–Crippen LogP) is 3.06. The molecule has 0 saturated heterocycles. The lowest BCUT2D eigenvalue weighted by molar-refractivity contribution is -0.384. The lowest BCUT2D eigenvalue weighted by Gasteiger charge is -2.30. The number of hydrogen-bond acceptors (Lipinski definition) is 4. The molecule has 3 atom stereocenters. The number of amides is 1. The van der Waals surface area contributed by atoms with Crippen LogP contribution in [-0.4, -0.2) is 23.0 Å². The van der Waals surface area contributed by atoms with Crippen molar-refractivity contribution >= 4 is 11.6 Å². The molecule has 6 heteroatoms. The molecule has 1 aromatic rings. The maximum atomic E-state index is 12.2. The molecule has 0 aromatic heterocycles. The maximum Gasteiger partial charge on any atom is 0.273 e. The van der Waals surface area contributed by atoms with Gasteiger partial charge in [0.2, 0.25) is 0 Å². The number of carbonyl (C=O) groups is 1. The van der Waals surface area contributed by atoms with Crippen LogP contribution >= 0.6 is 0 Å². The molecular formula is C16H22N2O4. The van der Waals surface area contributed by atoms with E-state index in [2.05, 4.69) is 12.2 Å². The lowest BCUT2D eigenvalue weighted by Crippen LogP contribution is -2.46. The molecule has 0 aliphatic heterocycles. The molecule has 0 heterocycles. The number of nitro groups is 1. The van der Waals surface area contributed by atoms with E-state index in [9.17, 15) is 14.9 Å². The summed E-state index contributed by atoms with van der Waals surface area (Å²) in [6.45, 7) is 3.80. The van der Waals surface area contributed by atoms with Crippen LogP contribution in [0.3, 0.4) is 0 Å². The Morgan fingerprint density at radius 3 is 2.82 bits per heavy atom. The van der Waals surface area contributed by atoms with Gasteiger partial charge in [0.1, 0.15) is 5.75 Å². The fourth-order valence-corrected chi connectivity index (χ4v) is 2.76. The van der Waals surface area contributed by atoms with Gasteiger partial charge < -0.3 is 10.1 Å². The van der Waals surface area contributed by atoms with Crippen LogP contribution in [-0.2, 0) is 4.79 Å². The van der Waals surface area contributed by atoms with E-state index >= 15 is 0 Å². The standard InChI is InChI=1S/C16H22N2O4/c1-11-6-3-4-9-15(11)17-16(19)12(2)22-14-8-5-7-13(10-14)18(20)21/h5,7-8,10-12,15H,3-4,6,9H2,1-2H3,(H,17,19)/t11-,12+,15-/m0/s1. The zero-order valence-corrected chi connectivity index (χ0v) is 13.0. The summed E-state index contributed by atoms with van der Waals surface area (Å²) in [6.07, 6.45) is 3.79. The monoisotopic (exact) mass is 306 g/mol. The van der Waals surface area contributed by atoms with Crippen molar-refractivity contribution in [3.05, 3.63) is 34.4 Å². The molecule has 1 aliphatic carbocycles. The van der Waals surface area contributed by atoms with E-state index in [4.69, 9.17) is 4.74 Å². The van der Waals surface area contributed by atoms with E-state index in [1.54, 1.807) is 19.1 Å². The van der Waals surface area contributed by atoms with Gasteiger partial charge in [-0.15, -0.1) is 0 Å². The molecule has 0 unspecified atom stereocenters. The van der Waals surface area contributed by atoms with Gasteiger partial charge in [-0.25, -0.2) is 0 Å². The Balaban J connectivity index is 1.93. The van der Waals surface area contributed by atoms with E-state index in [0.29, 0.717) is 11.7 Å². The maximum absolute atomic E-state index is 12.2. The average Bonchev–Trinajstić information content (AvgIpc) is 2.49. The van der Waals surface area contributed by atoms with Crippen LogP contribution in [0.1, 0.15) is 39.5 Å². The molecule has 1 aromatic carbocycles. The minimum Gasteiger partial charge on any atom is -0.481 e. The Kier molecular flexibility index (Phi) is 5.35. The first-order chi connectivity index (χ1) is 10.5. The molecule has 22 heavy (non-hydrogen) atoms. The molecule has 1 saturated carbocycles. The molecule has 1 fully saturated rings. The average molecular weight is 306 g/mol. The van der Waals surface area contributed by atoms with Gasteiger partial charge in [0.25, 0.3) is 11.6 Å².